The van der Waals surface area contributed by atoms with Crippen molar-refractivity contribution in [3.63, 3.8) is 0 Å². The fraction of sp³-hybridized carbons (Fsp3) is 0.150. The normalized spacial score (nSPS) is 12.2. The van der Waals surface area contributed by atoms with Crippen molar-refractivity contribution in [2.75, 3.05) is 7.11 Å². The summed E-state index contributed by atoms with van der Waals surface area (Å²) in [4.78, 5) is 41.3. The SMILES string of the molecule is COC(=O)c1c(C)nn2c1ncc1c(=O)n(C(C(=O)O)c3ccccc3)ccc12. The number of carboxylic acids is 1. The molecule has 0 aliphatic carbocycles. The van der Waals surface area contributed by atoms with Crippen LogP contribution in [0.25, 0.3) is 16.6 Å². The van der Waals surface area contributed by atoms with E-state index in [9.17, 15) is 19.5 Å². The van der Waals surface area contributed by atoms with E-state index in [0.29, 0.717) is 16.8 Å². The van der Waals surface area contributed by atoms with E-state index in [0.717, 1.165) is 4.57 Å². The van der Waals surface area contributed by atoms with E-state index >= 15 is 0 Å². The summed E-state index contributed by atoms with van der Waals surface area (Å²) in [5.74, 6) is -1.73. The number of aliphatic carboxylic acids is 1. The Hall–Kier alpha value is -4.01. The number of carboxylic acid groups (broad SMARTS) is 1. The molecule has 0 radical (unpaired) electrons. The molecule has 29 heavy (non-hydrogen) atoms. The number of aryl methyl sites for hydroxylation is 1. The molecule has 4 rings (SSSR count). The topological polar surface area (TPSA) is 116 Å². The van der Waals surface area contributed by atoms with Gasteiger partial charge in [0.25, 0.3) is 5.56 Å². The number of aromatic nitrogens is 4. The average Bonchev–Trinajstić information content (AvgIpc) is 3.06. The Kier molecular flexibility index (Phi) is 4.34. The maximum absolute atomic E-state index is 13.1. The van der Waals surface area contributed by atoms with Crippen LogP contribution in [0.4, 0.5) is 0 Å². The molecule has 1 atom stereocenters. The van der Waals surface area contributed by atoms with E-state index in [1.807, 2.05) is 0 Å². The molecule has 3 heterocycles. The lowest BCUT2D eigenvalue weighted by atomic mass is 10.1. The number of rotatable bonds is 4. The standard InChI is InChI=1S/C20H16N4O5/c1-11-15(20(28)29-2)17-21-10-13-14(24(17)22-11)8-9-23(18(13)25)16(19(26)27)12-6-4-3-5-7-12/h3-10,16H,1-2H3,(H,26,27). The lowest BCUT2D eigenvalue weighted by Gasteiger charge is -2.16. The number of ether oxygens (including phenoxy) is 1. The van der Waals surface area contributed by atoms with Crippen LogP contribution in [0.5, 0.6) is 0 Å². The number of esters is 1. The van der Waals surface area contributed by atoms with Crippen LogP contribution in [-0.2, 0) is 9.53 Å². The number of hydrogen-bond donors (Lipinski definition) is 1. The highest BCUT2D eigenvalue weighted by atomic mass is 16.5. The maximum atomic E-state index is 13.1. The van der Waals surface area contributed by atoms with Crippen LogP contribution in [0.15, 0.2) is 53.6 Å². The van der Waals surface area contributed by atoms with Gasteiger partial charge in [0.05, 0.1) is 23.7 Å². The Morgan fingerprint density at radius 3 is 2.55 bits per heavy atom. The number of hydrogen-bond acceptors (Lipinski definition) is 6. The number of methoxy groups -OCH3 is 1. The van der Waals surface area contributed by atoms with Crippen LogP contribution in [-0.4, -0.2) is 43.3 Å². The van der Waals surface area contributed by atoms with Crippen LogP contribution in [0.1, 0.15) is 27.7 Å². The maximum Gasteiger partial charge on any atom is 0.343 e. The highest BCUT2D eigenvalue weighted by Crippen LogP contribution is 2.21. The van der Waals surface area contributed by atoms with Gasteiger partial charge in [-0.2, -0.15) is 5.10 Å². The van der Waals surface area contributed by atoms with Crippen LogP contribution < -0.4 is 5.56 Å². The summed E-state index contributed by atoms with van der Waals surface area (Å²) in [6, 6.07) is 8.89. The number of pyridine rings is 1. The molecule has 9 heteroatoms. The highest BCUT2D eigenvalue weighted by Gasteiger charge is 2.25. The summed E-state index contributed by atoms with van der Waals surface area (Å²) in [6.45, 7) is 1.64. The van der Waals surface area contributed by atoms with Crippen LogP contribution in [0.3, 0.4) is 0 Å². The minimum Gasteiger partial charge on any atom is -0.479 e. The lowest BCUT2D eigenvalue weighted by molar-refractivity contribution is -0.139. The zero-order valence-electron chi connectivity index (χ0n) is 15.6. The molecule has 4 aromatic rings. The van der Waals surface area contributed by atoms with Gasteiger partial charge in [-0.15, -0.1) is 0 Å². The van der Waals surface area contributed by atoms with Gasteiger partial charge in [0.15, 0.2) is 11.7 Å². The van der Waals surface area contributed by atoms with Crippen molar-refractivity contribution in [1.82, 2.24) is 19.2 Å². The van der Waals surface area contributed by atoms with Gasteiger partial charge in [0.2, 0.25) is 0 Å². The predicted molar refractivity (Wildman–Crippen MR) is 103 cm³/mol. The fourth-order valence-electron chi connectivity index (χ4n) is 3.39. The van der Waals surface area contributed by atoms with Gasteiger partial charge in [-0.25, -0.2) is 19.1 Å². The largest absolute Gasteiger partial charge is 0.479 e. The molecule has 3 aromatic heterocycles. The molecular weight excluding hydrogens is 376 g/mol. The van der Waals surface area contributed by atoms with Gasteiger partial charge in [-0.05, 0) is 18.6 Å². The second kappa shape index (κ2) is 6.86. The van der Waals surface area contributed by atoms with E-state index in [-0.39, 0.29) is 16.6 Å². The zero-order valence-corrected chi connectivity index (χ0v) is 15.6. The molecule has 146 valence electrons. The third-order valence-corrected chi connectivity index (χ3v) is 4.73. The van der Waals surface area contributed by atoms with Gasteiger partial charge < -0.3 is 9.84 Å². The van der Waals surface area contributed by atoms with E-state index < -0.39 is 23.5 Å². The molecule has 1 N–H and O–H groups in total. The second-order valence-corrected chi connectivity index (χ2v) is 6.42. The van der Waals surface area contributed by atoms with E-state index in [4.69, 9.17) is 4.74 Å². The molecule has 0 aliphatic heterocycles. The van der Waals surface area contributed by atoms with Gasteiger partial charge in [-0.1, -0.05) is 30.3 Å². The number of carbonyl (C=O) groups excluding carboxylic acids is 1. The number of nitrogens with zero attached hydrogens (tertiary/aromatic N) is 4. The summed E-state index contributed by atoms with van der Waals surface area (Å²) in [7, 11) is 1.26. The summed E-state index contributed by atoms with van der Waals surface area (Å²) < 4.78 is 7.32. The van der Waals surface area contributed by atoms with Gasteiger partial charge in [-0.3, -0.25) is 9.36 Å². The van der Waals surface area contributed by atoms with Crippen molar-refractivity contribution in [2.24, 2.45) is 0 Å². The fourth-order valence-corrected chi connectivity index (χ4v) is 3.39. The third-order valence-electron chi connectivity index (χ3n) is 4.73. The molecule has 0 bridgehead atoms. The Morgan fingerprint density at radius 2 is 1.90 bits per heavy atom. The molecule has 0 saturated carbocycles. The van der Waals surface area contributed by atoms with Crippen molar-refractivity contribution in [3.05, 3.63) is 76.0 Å². The molecule has 0 amide bonds. The van der Waals surface area contributed by atoms with E-state index in [1.54, 1.807) is 43.3 Å². The first-order valence-corrected chi connectivity index (χ1v) is 8.69. The lowest BCUT2D eigenvalue weighted by Crippen LogP contribution is -2.30. The van der Waals surface area contributed by atoms with Gasteiger partial charge in [0.1, 0.15) is 5.56 Å². The van der Waals surface area contributed by atoms with Gasteiger partial charge in [0, 0.05) is 12.4 Å². The van der Waals surface area contributed by atoms with Crippen LogP contribution >= 0.6 is 0 Å². The first-order chi connectivity index (χ1) is 13.9. The van der Waals surface area contributed by atoms with Crippen LogP contribution in [0.2, 0.25) is 0 Å². The molecule has 9 nitrogen and oxygen atoms in total. The molecule has 0 spiro atoms. The predicted octanol–water partition coefficient (Wildman–Crippen LogP) is 1.81. The van der Waals surface area contributed by atoms with Crippen molar-refractivity contribution < 1.29 is 19.4 Å². The molecule has 1 unspecified atom stereocenters. The quantitative estimate of drug-likeness (QED) is 0.527. The number of carbonyl (C=O) groups is 2. The van der Waals surface area contributed by atoms with Gasteiger partial charge >= 0.3 is 11.9 Å². The second-order valence-electron chi connectivity index (χ2n) is 6.42. The molecule has 0 saturated heterocycles. The first-order valence-electron chi connectivity index (χ1n) is 8.69. The third kappa shape index (κ3) is 2.83. The van der Waals surface area contributed by atoms with Crippen molar-refractivity contribution in [3.8, 4) is 0 Å². The van der Waals surface area contributed by atoms with Crippen molar-refractivity contribution >= 4 is 28.5 Å². The molecule has 1 aromatic carbocycles. The molecular formula is C20H16N4O5. The highest BCUT2D eigenvalue weighted by molar-refractivity contribution is 5.98. The average molecular weight is 392 g/mol. The first kappa shape index (κ1) is 18.4. The van der Waals surface area contributed by atoms with Crippen molar-refractivity contribution in [2.45, 2.75) is 13.0 Å². The smallest absolute Gasteiger partial charge is 0.343 e. The summed E-state index contributed by atoms with van der Waals surface area (Å²) in [6.07, 6.45) is 2.73. The Bertz CT molecular complexity index is 1320. The Morgan fingerprint density at radius 1 is 1.17 bits per heavy atom. The van der Waals surface area contributed by atoms with E-state index in [2.05, 4.69) is 10.1 Å². The minimum atomic E-state index is -1.19. The summed E-state index contributed by atoms with van der Waals surface area (Å²) >= 11 is 0. The Labute approximate surface area is 163 Å². The number of fused-ring (bicyclic) bond motifs is 3. The summed E-state index contributed by atoms with van der Waals surface area (Å²) in [5.41, 5.74) is 1.24. The van der Waals surface area contributed by atoms with E-state index in [1.165, 1.54) is 24.0 Å². The summed E-state index contributed by atoms with van der Waals surface area (Å²) in [5, 5.41) is 14.2. The molecule has 0 aliphatic rings. The van der Waals surface area contributed by atoms with Crippen LogP contribution in [0, 0.1) is 6.92 Å². The number of benzene rings is 1. The Balaban J connectivity index is 1.97. The zero-order chi connectivity index (χ0) is 20.7. The molecule has 0 fully saturated rings. The van der Waals surface area contributed by atoms with Crippen molar-refractivity contribution in [1.29, 1.82) is 0 Å². The monoisotopic (exact) mass is 392 g/mol. The minimum absolute atomic E-state index is 0.182.